The van der Waals surface area contributed by atoms with E-state index in [1.807, 2.05) is 4.90 Å². The number of hydrogen-bond acceptors (Lipinski definition) is 4. The maximum absolute atomic E-state index is 12.0. The van der Waals surface area contributed by atoms with E-state index in [-0.39, 0.29) is 11.8 Å². The monoisotopic (exact) mass is 276 g/mol. The number of hydrogen-bond donors (Lipinski definition) is 2. The van der Waals surface area contributed by atoms with Crippen LogP contribution in [0.4, 0.5) is 11.4 Å². The highest BCUT2D eigenvalue weighted by molar-refractivity contribution is 5.96. The molecule has 0 radical (unpaired) electrons. The molecule has 1 aromatic carbocycles. The lowest BCUT2D eigenvalue weighted by Gasteiger charge is -2.24. The first-order valence-corrected chi connectivity index (χ1v) is 6.62. The van der Waals surface area contributed by atoms with Crippen LogP contribution in [0.5, 0.6) is 0 Å². The number of nitrogens with zero attached hydrogens (tertiary/aromatic N) is 2. The Hall–Kier alpha value is -2.24. The molecular formula is C14H20N4O2. The van der Waals surface area contributed by atoms with E-state index in [4.69, 9.17) is 5.73 Å². The average Bonchev–Trinajstić information content (AvgIpc) is 2.63. The second kappa shape index (κ2) is 5.81. The van der Waals surface area contributed by atoms with Gasteiger partial charge in [-0.05, 0) is 18.2 Å². The Labute approximate surface area is 118 Å². The normalized spacial score (nSPS) is 15.5. The van der Waals surface area contributed by atoms with Crippen LogP contribution in [0, 0.1) is 0 Å². The summed E-state index contributed by atoms with van der Waals surface area (Å²) < 4.78 is 0. The molecule has 3 N–H and O–H groups in total. The Bertz CT molecular complexity index is 528. The fraction of sp³-hybridized carbons (Fsp3) is 0.429. The Morgan fingerprint density at radius 3 is 2.80 bits per heavy atom. The first-order valence-electron chi connectivity index (χ1n) is 6.62. The summed E-state index contributed by atoms with van der Waals surface area (Å²) in [6.45, 7) is 1.88. The van der Waals surface area contributed by atoms with Crippen LogP contribution >= 0.6 is 0 Å². The van der Waals surface area contributed by atoms with Crippen molar-refractivity contribution in [3.8, 4) is 0 Å². The number of anilines is 2. The minimum atomic E-state index is -0.0599. The highest BCUT2D eigenvalue weighted by atomic mass is 16.2. The van der Waals surface area contributed by atoms with Crippen LogP contribution in [0.1, 0.15) is 16.8 Å². The number of nitrogen functional groups attached to an aromatic ring is 1. The lowest BCUT2D eigenvalue weighted by Crippen LogP contribution is -2.29. The van der Waals surface area contributed by atoms with Gasteiger partial charge < -0.3 is 20.9 Å². The molecule has 0 aromatic heterocycles. The van der Waals surface area contributed by atoms with Crippen LogP contribution < -0.4 is 16.0 Å². The first-order chi connectivity index (χ1) is 9.49. The predicted octanol–water partition coefficient (Wildman–Crippen LogP) is 0.297. The predicted molar refractivity (Wildman–Crippen MR) is 78.7 cm³/mol. The van der Waals surface area contributed by atoms with E-state index in [0.29, 0.717) is 37.3 Å². The zero-order valence-electron chi connectivity index (χ0n) is 11.8. The van der Waals surface area contributed by atoms with Crippen molar-refractivity contribution < 1.29 is 9.59 Å². The zero-order valence-corrected chi connectivity index (χ0v) is 11.8. The Morgan fingerprint density at radius 1 is 1.35 bits per heavy atom. The summed E-state index contributed by atoms with van der Waals surface area (Å²) >= 11 is 0. The molecule has 1 fully saturated rings. The number of carbonyl (C=O) groups excluding carboxylic acids is 2. The van der Waals surface area contributed by atoms with Crippen molar-refractivity contribution in [2.24, 2.45) is 0 Å². The van der Waals surface area contributed by atoms with E-state index in [1.165, 1.54) is 4.90 Å². The summed E-state index contributed by atoms with van der Waals surface area (Å²) in [6, 6.07) is 5.27. The van der Waals surface area contributed by atoms with Gasteiger partial charge in [0.05, 0.1) is 11.4 Å². The fourth-order valence-corrected chi connectivity index (χ4v) is 2.22. The zero-order chi connectivity index (χ0) is 14.7. The Morgan fingerprint density at radius 2 is 2.10 bits per heavy atom. The van der Waals surface area contributed by atoms with Crippen molar-refractivity contribution in [2.45, 2.75) is 6.42 Å². The highest BCUT2D eigenvalue weighted by Crippen LogP contribution is 2.25. The smallest absolute Gasteiger partial charge is 0.253 e. The Balaban J connectivity index is 2.28. The molecule has 0 aliphatic carbocycles. The van der Waals surface area contributed by atoms with Gasteiger partial charge in [-0.15, -0.1) is 0 Å². The first kappa shape index (κ1) is 14.2. The van der Waals surface area contributed by atoms with Crippen LogP contribution in [0.2, 0.25) is 0 Å². The van der Waals surface area contributed by atoms with E-state index >= 15 is 0 Å². The minimum absolute atomic E-state index is 0.0478. The SMILES string of the molecule is CN(C)C(=O)c1ccc(N)c(N2CCNC(=O)CC2)c1. The molecule has 1 heterocycles. The molecule has 1 aliphatic rings. The maximum atomic E-state index is 12.0. The van der Waals surface area contributed by atoms with Gasteiger partial charge in [0.25, 0.3) is 5.91 Å². The molecule has 1 aliphatic heterocycles. The van der Waals surface area contributed by atoms with Crippen LogP contribution in [0.15, 0.2) is 18.2 Å². The van der Waals surface area contributed by atoms with E-state index in [2.05, 4.69) is 5.32 Å². The third kappa shape index (κ3) is 3.01. The van der Waals surface area contributed by atoms with Crippen LogP contribution in [-0.4, -0.2) is 50.4 Å². The van der Waals surface area contributed by atoms with Gasteiger partial charge in [-0.2, -0.15) is 0 Å². The Kier molecular flexibility index (Phi) is 4.12. The summed E-state index contributed by atoms with van der Waals surface area (Å²) in [6.07, 6.45) is 0.436. The summed E-state index contributed by atoms with van der Waals surface area (Å²) in [5.41, 5.74) is 8.04. The number of benzene rings is 1. The summed E-state index contributed by atoms with van der Waals surface area (Å²) in [5, 5.41) is 2.82. The summed E-state index contributed by atoms with van der Waals surface area (Å²) in [4.78, 5) is 27.0. The van der Waals surface area contributed by atoms with Gasteiger partial charge >= 0.3 is 0 Å². The molecule has 1 saturated heterocycles. The average molecular weight is 276 g/mol. The van der Waals surface area contributed by atoms with E-state index in [0.717, 1.165) is 5.69 Å². The van der Waals surface area contributed by atoms with Crippen molar-refractivity contribution in [3.63, 3.8) is 0 Å². The fourth-order valence-electron chi connectivity index (χ4n) is 2.22. The number of nitrogens with two attached hydrogens (primary N) is 1. The van der Waals surface area contributed by atoms with Gasteiger partial charge in [-0.1, -0.05) is 0 Å². The third-order valence-electron chi connectivity index (χ3n) is 3.34. The maximum Gasteiger partial charge on any atom is 0.253 e. The molecule has 20 heavy (non-hydrogen) atoms. The molecule has 6 nitrogen and oxygen atoms in total. The lowest BCUT2D eigenvalue weighted by atomic mass is 10.1. The van der Waals surface area contributed by atoms with Crippen LogP contribution in [-0.2, 0) is 4.79 Å². The number of amides is 2. The molecule has 0 atom stereocenters. The quantitative estimate of drug-likeness (QED) is 0.761. The second-order valence-electron chi connectivity index (χ2n) is 5.06. The molecule has 1 aromatic rings. The lowest BCUT2D eigenvalue weighted by molar-refractivity contribution is -0.120. The second-order valence-corrected chi connectivity index (χ2v) is 5.06. The summed E-state index contributed by atoms with van der Waals surface area (Å²) in [7, 11) is 3.43. The molecule has 0 saturated carbocycles. The molecule has 6 heteroatoms. The van der Waals surface area contributed by atoms with Crippen molar-refractivity contribution in [2.75, 3.05) is 44.4 Å². The van der Waals surface area contributed by atoms with Gasteiger partial charge in [0.15, 0.2) is 0 Å². The number of nitrogens with one attached hydrogen (secondary N) is 1. The van der Waals surface area contributed by atoms with Crippen LogP contribution in [0.3, 0.4) is 0 Å². The summed E-state index contributed by atoms with van der Waals surface area (Å²) in [5.74, 6) is -0.0122. The van der Waals surface area contributed by atoms with Gasteiger partial charge in [-0.25, -0.2) is 0 Å². The highest BCUT2D eigenvalue weighted by Gasteiger charge is 2.18. The minimum Gasteiger partial charge on any atom is -0.397 e. The molecule has 2 rings (SSSR count). The van der Waals surface area contributed by atoms with Crippen molar-refractivity contribution in [1.82, 2.24) is 10.2 Å². The van der Waals surface area contributed by atoms with E-state index in [9.17, 15) is 9.59 Å². The molecule has 2 amide bonds. The number of rotatable bonds is 2. The third-order valence-corrected chi connectivity index (χ3v) is 3.34. The molecule has 0 spiro atoms. The van der Waals surface area contributed by atoms with Crippen molar-refractivity contribution in [3.05, 3.63) is 23.8 Å². The van der Waals surface area contributed by atoms with Gasteiger partial charge in [0.1, 0.15) is 0 Å². The van der Waals surface area contributed by atoms with Crippen molar-refractivity contribution in [1.29, 1.82) is 0 Å². The standard InChI is InChI=1S/C14H20N4O2/c1-17(2)14(20)10-3-4-11(15)12(9-10)18-7-5-13(19)16-6-8-18/h3-4,9H,5-8,15H2,1-2H3,(H,16,19). The van der Waals surface area contributed by atoms with Crippen LogP contribution in [0.25, 0.3) is 0 Å². The molecular weight excluding hydrogens is 256 g/mol. The van der Waals surface area contributed by atoms with Crippen molar-refractivity contribution >= 4 is 23.2 Å². The largest absolute Gasteiger partial charge is 0.397 e. The molecule has 0 bridgehead atoms. The van der Waals surface area contributed by atoms with Gasteiger partial charge in [0.2, 0.25) is 5.91 Å². The number of carbonyl (C=O) groups is 2. The van der Waals surface area contributed by atoms with Gasteiger partial charge in [0, 0.05) is 45.7 Å². The topological polar surface area (TPSA) is 78.7 Å². The van der Waals surface area contributed by atoms with Gasteiger partial charge in [-0.3, -0.25) is 9.59 Å². The molecule has 108 valence electrons. The van der Waals surface area contributed by atoms with E-state index in [1.54, 1.807) is 32.3 Å². The molecule has 0 unspecified atom stereocenters. The van der Waals surface area contributed by atoms with E-state index < -0.39 is 0 Å².